The van der Waals surface area contributed by atoms with E-state index in [1.807, 2.05) is 32.0 Å². The Balaban J connectivity index is 1.69. The van der Waals surface area contributed by atoms with Gasteiger partial charge in [0.05, 0.1) is 12.6 Å². The van der Waals surface area contributed by atoms with Crippen molar-refractivity contribution in [1.29, 1.82) is 0 Å². The zero-order valence-electron chi connectivity index (χ0n) is 15.3. The van der Waals surface area contributed by atoms with Crippen molar-refractivity contribution >= 4 is 17.5 Å². The SMILES string of the molecule is CC(C)Oc1cccc(C(=O)N(C)Cc2nc(-c3ccc(Cl)cc3)no2)c1. The van der Waals surface area contributed by atoms with E-state index in [4.69, 9.17) is 20.9 Å². The van der Waals surface area contributed by atoms with Gasteiger partial charge in [0.25, 0.3) is 5.91 Å². The average molecular weight is 386 g/mol. The Bertz CT molecular complexity index is 922. The molecule has 27 heavy (non-hydrogen) atoms. The van der Waals surface area contributed by atoms with Gasteiger partial charge >= 0.3 is 0 Å². The number of hydrogen-bond acceptors (Lipinski definition) is 5. The number of hydrogen-bond donors (Lipinski definition) is 0. The smallest absolute Gasteiger partial charge is 0.254 e. The molecule has 3 rings (SSSR count). The second kappa shape index (κ2) is 8.22. The molecule has 0 N–H and O–H groups in total. The van der Waals surface area contributed by atoms with Crippen LogP contribution in [0.15, 0.2) is 53.1 Å². The number of amides is 1. The van der Waals surface area contributed by atoms with Crippen LogP contribution in [0.25, 0.3) is 11.4 Å². The first-order chi connectivity index (χ1) is 12.9. The first-order valence-corrected chi connectivity index (χ1v) is 8.91. The second-order valence-electron chi connectivity index (χ2n) is 6.37. The summed E-state index contributed by atoms with van der Waals surface area (Å²) < 4.78 is 10.9. The quantitative estimate of drug-likeness (QED) is 0.627. The van der Waals surface area contributed by atoms with Gasteiger partial charge in [0.15, 0.2) is 0 Å². The molecule has 0 saturated carbocycles. The van der Waals surface area contributed by atoms with Gasteiger partial charge in [-0.15, -0.1) is 0 Å². The first kappa shape index (κ1) is 18.9. The van der Waals surface area contributed by atoms with Crippen molar-refractivity contribution in [2.45, 2.75) is 26.5 Å². The number of carbonyl (C=O) groups excluding carboxylic acids is 1. The number of rotatable bonds is 6. The van der Waals surface area contributed by atoms with Crippen LogP contribution in [0.3, 0.4) is 0 Å². The lowest BCUT2D eigenvalue weighted by Gasteiger charge is -2.16. The van der Waals surface area contributed by atoms with Crippen LogP contribution in [0.4, 0.5) is 0 Å². The molecule has 0 unspecified atom stereocenters. The Kier molecular flexibility index (Phi) is 5.76. The highest BCUT2D eigenvalue weighted by molar-refractivity contribution is 6.30. The summed E-state index contributed by atoms with van der Waals surface area (Å²) in [6.07, 6.45) is 0.0396. The number of halogens is 1. The van der Waals surface area contributed by atoms with Crippen LogP contribution in [-0.4, -0.2) is 34.1 Å². The van der Waals surface area contributed by atoms with E-state index >= 15 is 0 Å². The maximum atomic E-state index is 12.7. The van der Waals surface area contributed by atoms with Crippen LogP contribution >= 0.6 is 11.6 Å². The lowest BCUT2D eigenvalue weighted by Crippen LogP contribution is -2.26. The van der Waals surface area contributed by atoms with Gasteiger partial charge in [-0.25, -0.2) is 0 Å². The predicted octanol–water partition coefficient (Wildman–Crippen LogP) is 4.45. The van der Waals surface area contributed by atoms with Crippen molar-refractivity contribution in [2.75, 3.05) is 7.05 Å². The van der Waals surface area contributed by atoms with Crippen molar-refractivity contribution < 1.29 is 14.1 Å². The third kappa shape index (κ3) is 4.86. The third-order valence-electron chi connectivity index (χ3n) is 3.74. The second-order valence-corrected chi connectivity index (χ2v) is 6.81. The van der Waals surface area contributed by atoms with Crippen molar-refractivity contribution in [2.24, 2.45) is 0 Å². The van der Waals surface area contributed by atoms with E-state index in [9.17, 15) is 4.79 Å². The summed E-state index contributed by atoms with van der Waals surface area (Å²) in [5.41, 5.74) is 1.33. The molecule has 6 nitrogen and oxygen atoms in total. The van der Waals surface area contributed by atoms with Gasteiger partial charge in [-0.1, -0.05) is 22.8 Å². The molecule has 1 heterocycles. The minimum atomic E-state index is -0.157. The van der Waals surface area contributed by atoms with Crippen LogP contribution < -0.4 is 4.74 Å². The number of carbonyl (C=O) groups is 1. The molecule has 2 aromatic carbocycles. The number of ether oxygens (including phenoxy) is 1. The molecule has 0 aliphatic carbocycles. The molecule has 140 valence electrons. The molecule has 0 radical (unpaired) electrons. The van der Waals surface area contributed by atoms with Gasteiger partial charge in [0.1, 0.15) is 5.75 Å². The van der Waals surface area contributed by atoms with Crippen LogP contribution in [-0.2, 0) is 6.54 Å². The zero-order chi connectivity index (χ0) is 19.4. The monoisotopic (exact) mass is 385 g/mol. The summed E-state index contributed by atoms with van der Waals surface area (Å²) >= 11 is 5.89. The Morgan fingerprint density at radius 3 is 2.67 bits per heavy atom. The molecule has 0 spiro atoms. The molecule has 0 saturated heterocycles. The highest BCUT2D eigenvalue weighted by Gasteiger charge is 2.17. The summed E-state index contributed by atoms with van der Waals surface area (Å²) in [4.78, 5) is 18.5. The Morgan fingerprint density at radius 1 is 1.22 bits per heavy atom. The minimum Gasteiger partial charge on any atom is -0.491 e. The minimum absolute atomic E-state index is 0.0396. The lowest BCUT2D eigenvalue weighted by molar-refractivity contribution is 0.0769. The average Bonchev–Trinajstić information content (AvgIpc) is 3.09. The molecule has 0 aliphatic heterocycles. The van der Waals surface area contributed by atoms with Crippen molar-refractivity contribution in [3.8, 4) is 17.1 Å². The molecule has 1 aromatic heterocycles. The van der Waals surface area contributed by atoms with E-state index in [-0.39, 0.29) is 18.6 Å². The highest BCUT2D eigenvalue weighted by Crippen LogP contribution is 2.20. The Hall–Kier alpha value is -2.86. The summed E-state index contributed by atoms with van der Waals surface area (Å²) in [5, 5.41) is 4.60. The largest absolute Gasteiger partial charge is 0.491 e. The van der Waals surface area contributed by atoms with E-state index in [2.05, 4.69) is 10.1 Å². The molecule has 0 fully saturated rings. The number of aromatic nitrogens is 2. The molecule has 0 aliphatic rings. The third-order valence-corrected chi connectivity index (χ3v) is 3.99. The molecule has 0 bridgehead atoms. The van der Waals surface area contributed by atoms with Crippen LogP contribution in [0.5, 0.6) is 5.75 Å². The van der Waals surface area contributed by atoms with Gasteiger partial charge in [0, 0.05) is 23.2 Å². The van der Waals surface area contributed by atoms with Gasteiger partial charge in [-0.3, -0.25) is 4.79 Å². The molecular formula is C20H20ClN3O3. The van der Waals surface area contributed by atoms with Crippen LogP contribution in [0.1, 0.15) is 30.1 Å². The van der Waals surface area contributed by atoms with Gasteiger partial charge in [-0.05, 0) is 56.3 Å². The normalized spacial score (nSPS) is 10.9. The molecule has 1 amide bonds. The fraction of sp³-hybridized carbons (Fsp3) is 0.250. The fourth-order valence-corrected chi connectivity index (χ4v) is 2.63. The Morgan fingerprint density at radius 2 is 1.96 bits per heavy atom. The molecule has 0 atom stereocenters. The van der Waals surface area contributed by atoms with Gasteiger partial charge in [-0.2, -0.15) is 4.98 Å². The van der Waals surface area contributed by atoms with Gasteiger partial charge < -0.3 is 14.2 Å². The molecule has 7 heteroatoms. The van der Waals surface area contributed by atoms with Gasteiger partial charge in [0.2, 0.25) is 11.7 Å². The van der Waals surface area contributed by atoms with E-state index in [1.54, 1.807) is 37.4 Å². The predicted molar refractivity (Wildman–Crippen MR) is 103 cm³/mol. The highest BCUT2D eigenvalue weighted by atomic mass is 35.5. The van der Waals surface area contributed by atoms with Crippen LogP contribution in [0, 0.1) is 0 Å². The molecular weight excluding hydrogens is 366 g/mol. The fourth-order valence-electron chi connectivity index (χ4n) is 2.50. The first-order valence-electron chi connectivity index (χ1n) is 8.53. The molecule has 3 aromatic rings. The van der Waals surface area contributed by atoms with E-state index in [1.165, 1.54) is 4.90 Å². The van der Waals surface area contributed by atoms with E-state index < -0.39 is 0 Å². The maximum absolute atomic E-state index is 12.7. The van der Waals surface area contributed by atoms with Crippen molar-refractivity contribution in [1.82, 2.24) is 15.0 Å². The summed E-state index contributed by atoms with van der Waals surface area (Å²) in [6.45, 7) is 4.08. The standard InChI is InChI=1S/C20H20ClN3O3/c1-13(2)26-17-6-4-5-15(11-17)20(25)24(3)12-18-22-19(23-27-18)14-7-9-16(21)10-8-14/h4-11,13H,12H2,1-3H3. The number of nitrogens with zero attached hydrogens (tertiary/aromatic N) is 3. The maximum Gasteiger partial charge on any atom is 0.254 e. The van der Waals surface area contributed by atoms with Crippen molar-refractivity contribution in [3.63, 3.8) is 0 Å². The van der Waals surface area contributed by atoms with Crippen molar-refractivity contribution in [3.05, 3.63) is 65.0 Å². The lowest BCUT2D eigenvalue weighted by atomic mass is 10.2. The van der Waals surface area contributed by atoms with Crippen LogP contribution in [0.2, 0.25) is 5.02 Å². The summed E-state index contributed by atoms with van der Waals surface area (Å²) in [7, 11) is 1.68. The Labute approximate surface area is 162 Å². The topological polar surface area (TPSA) is 68.5 Å². The summed E-state index contributed by atoms with van der Waals surface area (Å²) in [6, 6.07) is 14.2. The zero-order valence-corrected chi connectivity index (χ0v) is 16.1. The van der Waals surface area contributed by atoms with E-state index in [0.717, 1.165) is 5.56 Å². The number of benzene rings is 2. The van der Waals surface area contributed by atoms with E-state index in [0.29, 0.717) is 28.1 Å². The summed E-state index contributed by atoms with van der Waals surface area (Å²) in [5.74, 6) is 1.31.